The predicted octanol–water partition coefficient (Wildman–Crippen LogP) is 1.67. The summed E-state index contributed by atoms with van der Waals surface area (Å²) in [4.78, 5) is 13.8. The molecule has 0 saturated carbocycles. The molecule has 2 rings (SSSR count). The van der Waals surface area contributed by atoms with Crippen LogP contribution in [0, 0.1) is 0 Å². The molecule has 5 nitrogen and oxygen atoms in total. The second kappa shape index (κ2) is 8.00. The lowest BCUT2D eigenvalue weighted by Crippen LogP contribution is -2.43. The summed E-state index contributed by atoms with van der Waals surface area (Å²) in [6.07, 6.45) is 3.27. The number of nitrogens with zero attached hydrogens (tertiary/aromatic N) is 1. The van der Waals surface area contributed by atoms with E-state index < -0.39 is 0 Å². The Morgan fingerprint density at radius 1 is 1.48 bits per heavy atom. The average Bonchev–Trinajstić information content (AvgIpc) is 2.51. The fraction of sp³-hybridized carbons (Fsp3) is 0.562. The third-order valence-corrected chi connectivity index (χ3v) is 3.68. The van der Waals surface area contributed by atoms with Gasteiger partial charge in [0.1, 0.15) is 5.75 Å². The van der Waals surface area contributed by atoms with E-state index in [2.05, 4.69) is 4.90 Å². The molecule has 1 aromatic rings. The molecule has 1 unspecified atom stereocenters. The highest BCUT2D eigenvalue weighted by molar-refractivity contribution is 5.89. The fourth-order valence-electron chi connectivity index (χ4n) is 2.60. The number of nitrogens with two attached hydrogens (primary N) is 1. The Balaban J connectivity index is 1.72. The lowest BCUT2D eigenvalue weighted by molar-refractivity contribution is 0.0600. The molecule has 0 aliphatic carbocycles. The zero-order valence-electron chi connectivity index (χ0n) is 12.6. The van der Waals surface area contributed by atoms with Crippen molar-refractivity contribution in [3.63, 3.8) is 0 Å². The van der Waals surface area contributed by atoms with Crippen LogP contribution < -0.4 is 10.5 Å². The van der Waals surface area contributed by atoms with Gasteiger partial charge < -0.3 is 20.1 Å². The molecule has 0 bridgehead atoms. The van der Waals surface area contributed by atoms with Crippen LogP contribution in [0.15, 0.2) is 24.3 Å². The van der Waals surface area contributed by atoms with E-state index in [1.165, 1.54) is 13.5 Å². The minimum absolute atomic E-state index is 0.316. The molecule has 1 aliphatic heterocycles. The summed E-state index contributed by atoms with van der Waals surface area (Å²) in [6, 6.07) is 7.39. The Bertz CT molecular complexity index is 465. The van der Waals surface area contributed by atoms with E-state index in [-0.39, 0.29) is 5.97 Å². The van der Waals surface area contributed by atoms with Gasteiger partial charge in [0.15, 0.2) is 0 Å². The molecule has 5 heteroatoms. The third-order valence-electron chi connectivity index (χ3n) is 3.68. The maximum absolute atomic E-state index is 11.4. The monoisotopic (exact) mass is 292 g/mol. The number of piperidine rings is 1. The van der Waals surface area contributed by atoms with Gasteiger partial charge in [-0.3, -0.25) is 0 Å². The van der Waals surface area contributed by atoms with E-state index >= 15 is 0 Å². The first-order chi connectivity index (χ1) is 10.2. The van der Waals surface area contributed by atoms with Crippen molar-refractivity contribution in [3.05, 3.63) is 29.8 Å². The Morgan fingerprint density at radius 3 is 3.10 bits per heavy atom. The van der Waals surface area contributed by atoms with Crippen LogP contribution >= 0.6 is 0 Å². The van der Waals surface area contributed by atoms with Crippen LogP contribution in [0.4, 0.5) is 0 Å². The molecule has 1 fully saturated rings. The summed E-state index contributed by atoms with van der Waals surface area (Å²) in [7, 11) is 1.37. The van der Waals surface area contributed by atoms with Crippen LogP contribution in [0.2, 0.25) is 0 Å². The highest BCUT2D eigenvalue weighted by Crippen LogP contribution is 2.14. The second-order valence-electron chi connectivity index (χ2n) is 5.42. The number of benzene rings is 1. The third kappa shape index (κ3) is 5.02. The summed E-state index contributed by atoms with van der Waals surface area (Å²) in [5, 5.41) is 0. The van der Waals surface area contributed by atoms with Crippen molar-refractivity contribution in [2.45, 2.75) is 25.3 Å². The van der Waals surface area contributed by atoms with Crippen molar-refractivity contribution in [2.75, 3.05) is 33.4 Å². The van der Waals surface area contributed by atoms with Crippen LogP contribution in [0.3, 0.4) is 0 Å². The Morgan fingerprint density at radius 2 is 2.33 bits per heavy atom. The number of hydrogen-bond acceptors (Lipinski definition) is 5. The van der Waals surface area contributed by atoms with Gasteiger partial charge in [0.25, 0.3) is 0 Å². The van der Waals surface area contributed by atoms with Gasteiger partial charge in [0.2, 0.25) is 0 Å². The summed E-state index contributed by atoms with van der Waals surface area (Å²) >= 11 is 0. The second-order valence-corrected chi connectivity index (χ2v) is 5.42. The number of esters is 1. The molecule has 1 aromatic carbocycles. The molecule has 116 valence electrons. The largest absolute Gasteiger partial charge is 0.494 e. The molecule has 1 aliphatic rings. The molecule has 0 spiro atoms. The molecule has 0 radical (unpaired) electrons. The van der Waals surface area contributed by atoms with Crippen molar-refractivity contribution >= 4 is 5.97 Å². The first kappa shape index (κ1) is 15.8. The first-order valence-corrected chi connectivity index (χ1v) is 7.48. The van der Waals surface area contributed by atoms with Crippen molar-refractivity contribution in [3.8, 4) is 5.75 Å². The van der Waals surface area contributed by atoms with E-state index in [1.54, 1.807) is 18.2 Å². The number of rotatable bonds is 6. The van der Waals surface area contributed by atoms with Crippen LogP contribution in [0.1, 0.15) is 29.6 Å². The number of ether oxygens (including phenoxy) is 2. The molecule has 1 heterocycles. The predicted molar refractivity (Wildman–Crippen MR) is 81.5 cm³/mol. The summed E-state index contributed by atoms with van der Waals surface area (Å²) < 4.78 is 10.4. The molecule has 21 heavy (non-hydrogen) atoms. The van der Waals surface area contributed by atoms with Gasteiger partial charge in [-0.15, -0.1) is 0 Å². The number of carbonyl (C=O) groups excluding carboxylic acids is 1. The zero-order chi connectivity index (χ0) is 15.1. The topological polar surface area (TPSA) is 64.8 Å². The Hall–Kier alpha value is -1.59. The molecular weight excluding hydrogens is 268 g/mol. The zero-order valence-corrected chi connectivity index (χ0v) is 12.6. The minimum Gasteiger partial charge on any atom is -0.494 e. The van der Waals surface area contributed by atoms with Crippen LogP contribution in [0.5, 0.6) is 5.75 Å². The Kier molecular flexibility index (Phi) is 6.02. The maximum Gasteiger partial charge on any atom is 0.337 e. The summed E-state index contributed by atoms with van der Waals surface area (Å²) in [5.74, 6) is 0.357. The van der Waals surface area contributed by atoms with Crippen molar-refractivity contribution in [1.82, 2.24) is 4.90 Å². The molecule has 1 atom stereocenters. The minimum atomic E-state index is -0.345. The van der Waals surface area contributed by atoms with Crippen LogP contribution in [-0.2, 0) is 4.74 Å². The highest BCUT2D eigenvalue weighted by Gasteiger charge is 2.15. The standard InChI is InChI=1S/C16H24N2O3/c1-20-16(19)13-5-2-7-15(11-13)21-10-4-9-18-8-3-6-14(17)12-18/h2,5,7,11,14H,3-4,6,8-10,12,17H2,1H3. The van der Waals surface area contributed by atoms with Gasteiger partial charge in [0.05, 0.1) is 19.3 Å². The van der Waals surface area contributed by atoms with Gasteiger partial charge in [-0.25, -0.2) is 4.79 Å². The number of hydrogen-bond donors (Lipinski definition) is 1. The maximum atomic E-state index is 11.4. The Labute approximate surface area is 126 Å². The molecule has 0 aromatic heterocycles. The van der Waals surface area contributed by atoms with Gasteiger partial charge >= 0.3 is 5.97 Å². The van der Waals surface area contributed by atoms with Gasteiger partial charge in [-0.2, -0.15) is 0 Å². The van der Waals surface area contributed by atoms with Crippen LogP contribution in [-0.4, -0.2) is 50.3 Å². The SMILES string of the molecule is COC(=O)c1cccc(OCCCN2CCCC(N)C2)c1. The molecular formula is C16H24N2O3. The molecule has 1 saturated heterocycles. The quantitative estimate of drug-likeness (QED) is 0.638. The van der Waals surface area contributed by atoms with E-state index in [9.17, 15) is 4.79 Å². The number of methoxy groups -OCH3 is 1. The first-order valence-electron chi connectivity index (χ1n) is 7.48. The van der Waals surface area contributed by atoms with E-state index in [4.69, 9.17) is 15.2 Å². The normalized spacial score (nSPS) is 19.2. The smallest absolute Gasteiger partial charge is 0.337 e. The number of likely N-dealkylation sites (tertiary alicyclic amines) is 1. The van der Waals surface area contributed by atoms with Gasteiger partial charge in [-0.05, 0) is 44.0 Å². The van der Waals surface area contributed by atoms with Crippen molar-refractivity contribution in [1.29, 1.82) is 0 Å². The average molecular weight is 292 g/mol. The van der Waals surface area contributed by atoms with Gasteiger partial charge in [-0.1, -0.05) is 6.07 Å². The van der Waals surface area contributed by atoms with E-state index in [0.717, 1.165) is 32.5 Å². The van der Waals surface area contributed by atoms with E-state index in [1.807, 2.05) is 6.07 Å². The summed E-state index contributed by atoms with van der Waals surface area (Å²) in [5.41, 5.74) is 6.47. The fourth-order valence-corrected chi connectivity index (χ4v) is 2.60. The van der Waals surface area contributed by atoms with Gasteiger partial charge in [0, 0.05) is 19.1 Å². The van der Waals surface area contributed by atoms with Crippen LogP contribution in [0.25, 0.3) is 0 Å². The lowest BCUT2D eigenvalue weighted by Gasteiger charge is -2.30. The lowest BCUT2D eigenvalue weighted by atomic mass is 10.1. The molecule has 0 amide bonds. The highest BCUT2D eigenvalue weighted by atomic mass is 16.5. The van der Waals surface area contributed by atoms with Crippen molar-refractivity contribution in [2.24, 2.45) is 5.73 Å². The van der Waals surface area contributed by atoms with Crippen molar-refractivity contribution < 1.29 is 14.3 Å². The molecule has 2 N–H and O–H groups in total. The van der Waals surface area contributed by atoms with E-state index in [0.29, 0.717) is 24.0 Å². The summed E-state index contributed by atoms with van der Waals surface area (Å²) in [6.45, 7) is 3.75. The number of carbonyl (C=O) groups is 1.